The van der Waals surface area contributed by atoms with Crippen LogP contribution < -0.4 is 0 Å². The molecular formula is C17H21N3O3. The Bertz CT molecular complexity index is 695. The SMILES string of the molecule is CCC(C)N(CC(=O)O)C(=O)c1ccc(-n2cccn2)c(C)c1. The third kappa shape index (κ3) is 3.77. The molecule has 1 N–H and O–H groups in total. The van der Waals surface area contributed by atoms with Crippen molar-refractivity contribution in [1.29, 1.82) is 0 Å². The van der Waals surface area contributed by atoms with E-state index in [4.69, 9.17) is 5.11 Å². The van der Waals surface area contributed by atoms with Gasteiger partial charge < -0.3 is 10.0 Å². The summed E-state index contributed by atoms with van der Waals surface area (Å²) in [5.74, 6) is -1.28. The molecule has 0 bridgehead atoms. The Balaban J connectivity index is 2.31. The van der Waals surface area contributed by atoms with E-state index in [0.717, 1.165) is 11.3 Å². The largest absolute Gasteiger partial charge is 0.480 e. The van der Waals surface area contributed by atoms with E-state index in [2.05, 4.69) is 5.10 Å². The van der Waals surface area contributed by atoms with Gasteiger partial charge in [-0.3, -0.25) is 9.59 Å². The van der Waals surface area contributed by atoms with Gasteiger partial charge in [0.2, 0.25) is 0 Å². The second kappa shape index (κ2) is 7.09. The first kappa shape index (κ1) is 16.7. The van der Waals surface area contributed by atoms with Gasteiger partial charge in [-0.2, -0.15) is 5.10 Å². The Kier molecular flexibility index (Phi) is 5.16. The molecular weight excluding hydrogens is 294 g/mol. The van der Waals surface area contributed by atoms with Crippen molar-refractivity contribution in [2.75, 3.05) is 6.54 Å². The number of aliphatic carboxylic acids is 1. The highest BCUT2D eigenvalue weighted by Gasteiger charge is 2.23. The number of carboxylic acids is 1. The molecule has 1 heterocycles. The lowest BCUT2D eigenvalue weighted by Gasteiger charge is -2.27. The number of carbonyl (C=O) groups excluding carboxylic acids is 1. The molecule has 6 heteroatoms. The van der Waals surface area contributed by atoms with Crippen molar-refractivity contribution in [2.24, 2.45) is 0 Å². The first-order valence-corrected chi connectivity index (χ1v) is 7.57. The molecule has 1 aromatic carbocycles. The summed E-state index contributed by atoms with van der Waals surface area (Å²) in [7, 11) is 0. The van der Waals surface area contributed by atoms with Crippen molar-refractivity contribution in [3.05, 3.63) is 47.8 Å². The van der Waals surface area contributed by atoms with E-state index in [1.165, 1.54) is 4.90 Å². The summed E-state index contributed by atoms with van der Waals surface area (Å²) in [6, 6.07) is 7.01. The summed E-state index contributed by atoms with van der Waals surface area (Å²) in [6.45, 7) is 5.39. The molecule has 0 fully saturated rings. The van der Waals surface area contributed by atoms with Crippen molar-refractivity contribution in [1.82, 2.24) is 14.7 Å². The zero-order chi connectivity index (χ0) is 17.0. The molecule has 0 aliphatic heterocycles. The molecule has 0 saturated carbocycles. The zero-order valence-corrected chi connectivity index (χ0v) is 13.6. The number of amides is 1. The number of carbonyl (C=O) groups is 2. The van der Waals surface area contributed by atoms with Crippen LogP contribution in [0.1, 0.15) is 36.2 Å². The van der Waals surface area contributed by atoms with E-state index in [0.29, 0.717) is 12.0 Å². The lowest BCUT2D eigenvalue weighted by atomic mass is 10.1. The lowest BCUT2D eigenvalue weighted by molar-refractivity contribution is -0.138. The van der Waals surface area contributed by atoms with Crippen molar-refractivity contribution in [3.63, 3.8) is 0 Å². The van der Waals surface area contributed by atoms with Gasteiger partial charge in [0.15, 0.2) is 0 Å². The van der Waals surface area contributed by atoms with E-state index in [1.807, 2.05) is 39.1 Å². The van der Waals surface area contributed by atoms with E-state index >= 15 is 0 Å². The summed E-state index contributed by atoms with van der Waals surface area (Å²) in [4.78, 5) is 25.1. The smallest absolute Gasteiger partial charge is 0.323 e. The Labute approximate surface area is 135 Å². The maximum Gasteiger partial charge on any atom is 0.323 e. The molecule has 1 aromatic heterocycles. The van der Waals surface area contributed by atoms with Gasteiger partial charge in [-0.25, -0.2) is 4.68 Å². The van der Waals surface area contributed by atoms with Gasteiger partial charge in [0, 0.05) is 24.0 Å². The first-order valence-electron chi connectivity index (χ1n) is 7.57. The van der Waals surface area contributed by atoms with Crippen LogP contribution in [-0.4, -0.2) is 44.3 Å². The minimum absolute atomic E-state index is 0.135. The predicted octanol–water partition coefficient (Wildman–Crippen LogP) is 2.51. The standard InChI is InChI=1S/C17H21N3O3/c1-4-13(3)19(11-16(21)22)17(23)14-6-7-15(12(2)10-14)20-9-5-8-18-20/h5-10,13H,4,11H2,1-3H3,(H,21,22). The van der Waals surface area contributed by atoms with Crippen molar-refractivity contribution >= 4 is 11.9 Å². The van der Waals surface area contributed by atoms with E-state index in [-0.39, 0.29) is 18.5 Å². The normalized spacial score (nSPS) is 12.0. The molecule has 6 nitrogen and oxygen atoms in total. The molecule has 0 saturated heterocycles. The van der Waals surface area contributed by atoms with Crippen LogP contribution in [0.3, 0.4) is 0 Å². The highest BCUT2D eigenvalue weighted by Crippen LogP contribution is 2.18. The van der Waals surface area contributed by atoms with Crippen LogP contribution in [0.4, 0.5) is 0 Å². The third-order valence-electron chi connectivity index (χ3n) is 3.88. The number of aryl methyl sites for hydroxylation is 1. The minimum atomic E-state index is -1.01. The molecule has 1 unspecified atom stereocenters. The third-order valence-corrected chi connectivity index (χ3v) is 3.88. The quantitative estimate of drug-likeness (QED) is 0.888. The maximum absolute atomic E-state index is 12.7. The summed E-state index contributed by atoms with van der Waals surface area (Å²) in [6.07, 6.45) is 4.22. The second-order valence-electron chi connectivity index (χ2n) is 5.54. The molecule has 1 amide bonds. The molecule has 2 aromatic rings. The number of carboxylic acid groups (broad SMARTS) is 1. The predicted molar refractivity (Wildman–Crippen MR) is 86.7 cm³/mol. The van der Waals surface area contributed by atoms with E-state index < -0.39 is 5.97 Å². The minimum Gasteiger partial charge on any atom is -0.480 e. The van der Waals surface area contributed by atoms with Crippen molar-refractivity contribution in [3.8, 4) is 5.69 Å². The Morgan fingerprint density at radius 2 is 2.13 bits per heavy atom. The van der Waals surface area contributed by atoms with Crippen molar-refractivity contribution < 1.29 is 14.7 Å². The van der Waals surface area contributed by atoms with Crippen molar-refractivity contribution in [2.45, 2.75) is 33.2 Å². The number of benzene rings is 1. The highest BCUT2D eigenvalue weighted by molar-refractivity contribution is 5.96. The Hall–Kier alpha value is -2.63. The van der Waals surface area contributed by atoms with Crippen LogP contribution in [0.5, 0.6) is 0 Å². The molecule has 23 heavy (non-hydrogen) atoms. The van der Waals surface area contributed by atoms with Gasteiger partial charge in [0.25, 0.3) is 5.91 Å². The molecule has 0 radical (unpaired) electrons. The molecule has 1 atom stereocenters. The van der Waals surface area contributed by atoms with Crippen LogP contribution in [-0.2, 0) is 4.79 Å². The number of rotatable bonds is 6. The van der Waals surface area contributed by atoms with Gasteiger partial charge in [-0.05, 0) is 50.1 Å². The average molecular weight is 315 g/mol. The van der Waals surface area contributed by atoms with Gasteiger partial charge >= 0.3 is 5.97 Å². The molecule has 0 aliphatic carbocycles. The van der Waals surface area contributed by atoms with E-state index in [1.54, 1.807) is 23.0 Å². The van der Waals surface area contributed by atoms with Gasteiger partial charge in [0.1, 0.15) is 6.54 Å². The molecule has 0 spiro atoms. The van der Waals surface area contributed by atoms with Gasteiger partial charge in [0.05, 0.1) is 5.69 Å². The summed E-state index contributed by atoms with van der Waals surface area (Å²) in [5.41, 5.74) is 2.28. The molecule has 0 aliphatic rings. The summed E-state index contributed by atoms with van der Waals surface area (Å²) >= 11 is 0. The number of nitrogens with zero attached hydrogens (tertiary/aromatic N) is 3. The number of aromatic nitrogens is 2. The first-order chi connectivity index (χ1) is 10.9. The zero-order valence-electron chi connectivity index (χ0n) is 13.6. The van der Waals surface area contributed by atoms with Gasteiger partial charge in [-0.15, -0.1) is 0 Å². The highest BCUT2D eigenvalue weighted by atomic mass is 16.4. The summed E-state index contributed by atoms with van der Waals surface area (Å²) < 4.78 is 1.73. The monoisotopic (exact) mass is 315 g/mol. The van der Waals surface area contributed by atoms with Crippen LogP contribution >= 0.6 is 0 Å². The lowest BCUT2D eigenvalue weighted by Crippen LogP contribution is -2.41. The second-order valence-corrected chi connectivity index (χ2v) is 5.54. The fourth-order valence-electron chi connectivity index (χ4n) is 2.42. The number of hydrogen-bond acceptors (Lipinski definition) is 3. The average Bonchev–Trinajstić information content (AvgIpc) is 3.05. The molecule has 2 rings (SSSR count). The van der Waals surface area contributed by atoms with Crippen LogP contribution in [0, 0.1) is 6.92 Å². The maximum atomic E-state index is 12.7. The fraction of sp³-hybridized carbons (Fsp3) is 0.353. The summed E-state index contributed by atoms with van der Waals surface area (Å²) in [5, 5.41) is 13.2. The van der Waals surface area contributed by atoms with Crippen LogP contribution in [0.15, 0.2) is 36.7 Å². The Morgan fingerprint density at radius 1 is 1.39 bits per heavy atom. The van der Waals surface area contributed by atoms with Crippen LogP contribution in [0.2, 0.25) is 0 Å². The number of hydrogen-bond donors (Lipinski definition) is 1. The fourth-order valence-corrected chi connectivity index (χ4v) is 2.42. The van der Waals surface area contributed by atoms with E-state index in [9.17, 15) is 9.59 Å². The topological polar surface area (TPSA) is 75.4 Å². The van der Waals surface area contributed by atoms with Crippen LogP contribution in [0.25, 0.3) is 5.69 Å². The van der Waals surface area contributed by atoms with Gasteiger partial charge in [-0.1, -0.05) is 6.92 Å². The molecule has 122 valence electrons. The Morgan fingerprint density at radius 3 is 2.65 bits per heavy atom.